The lowest BCUT2D eigenvalue weighted by Crippen LogP contribution is -2.04. The van der Waals surface area contributed by atoms with Crippen LogP contribution in [0.2, 0.25) is 0 Å². The minimum atomic E-state index is 0.00679. The second kappa shape index (κ2) is 13.0. The number of phenols is 2. The van der Waals surface area contributed by atoms with E-state index in [-0.39, 0.29) is 11.5 Å². The van der Waals surface area contributed by atoms with Crippen LogP contribution in [0.1, 0.15) is 33.4 Å². The lowest BCUT2D eigenvalue weighted by Gasteiger charge is -2.17. The molecule has 50 heavy (non-hydrogen) atoms. The van der Waals surface area contributed by atoms with Crippen LogP contribution in [0.3, 0.4) is 0 Å². The number of pyridine rings is 2. The summed E-state index contributed by atoms with van der Waals surface area (Å²) in [4.78, 5) is 24.6. The van der Waals surface area contributed by atoms with Gasteiger partial charge in [0.15, 0.2) is 17.5 Å². The lowest BCUT2D eigenvalue weighted by molar-refractivity contribution is 0.451. The average molecular weight is 656 g/mol. The summed E-state index contributed by atoms with van der Waals surface area (Å²) in [5, 5.41) is 20.4. The van der Waals surface area contributed by atoms with Gasteiger partial charge in [0.2, 0.25) is 0 Å². The van der Waals surface area contributed by atoms with Gasteiger partial charge in [0, 0.05) is 46.3 Å². The summed E-state index contributed by atoms with van der Waals surface area (Å²) < 4.78 is 0. The highest BCUT2D eigenvalue weighted by molar-refractivity contribution is 5.79. The Morgan fingerprint density at radius 3 is 1.10 bits per heavy atom. The van der Waals surface area contributed by atoms with Crippen LogP contribution in [-0.2, 0) is 0 Å². The molecule has 0 saturated heterocycles. The fourth-order valence-electron chi connectivity index (χ4n) is 6.57. The number of aromatic nitrogens is 5. The third-order valence-corrected chi connectivity index (χ3v) is 9.17. The van der Waals surface area contributed by atoms with Crippen LogP contribution >= 0.6 is 0 Å². The van der Waals surface area contributed by atoms with Gasteiger partial charge in [0.1, 0.15) is 11.5 Å². The molecule has 4 aromatic carbocycles. The number of hydrogen-bond donors (Lipinski definition) is 2. The van der Waals surface area contributed by atoms with Crippen LogP contribution in [0.5, 0.6) is 11.5 Å². The molecule has 7 heteroatoms. The van der Waals surface area contributed by atoms with Crippen molar-refractivity contribution in [1.29, 1.82) is 0 Å². The molecule has 2 N–H and O–H groups in total. The number of benzene rings is 4. The summed E-state index contributed by atoms with van der Waals surface area (Å²) in [6.45, 7) is 12.4. The minimum Gasteiger partial charge on any atom is -0.508 e. The second-order valence-corrected chi connectivity index (χ2v) is 12.9. The molecule has 0 unspecified atom stereocenters. The van der Waals surface area contributed by atoms with Crippen molar-refractivity contribution in [3.63, 3.8) is 0 Å². The molecule has 7 aromatic rings. The third kappa shape index (κ3) is 6.21. The van der Waals surface area contributed by atoms with Gasteiger partial charge in [0.05, 0.1) is 11.4 Å². The fourth-order valence-corrected chi connectivity index (χ4v) is 6.57. The molecule has 0 saturated carbocycles. The van der Waals surface area contributed by atoms with Crippen molar-refractivity contribution in [2.75, 3.05) is 0 Å². The first-order chi connectivity index (χ1) is 24.0. The van der Waals surface area contributed by atoms with Crippen LogP contribution in [0.25, 0.3) is 67.8 Å². The maximum atomic E-state index is 10.2. The van der Waals surface area contributed by atoms with E-state index in [1.165, 1.54) is 6.07 Å². The maximum Gasteiger partial charge on any atom is 0.164 e. The van der Waals surface area contributed by atoms with Crippen LogP contribution in [0.4, 0.5) is 0 Å². The smallest absolute Gasteiger partial charge is 0.164 e. The van der Waals surface area contributed by atoms with E-state index in [1.54, 1.807) is 12.1 Å². The molecule has 0 aliphatic rings. The highest BCUT2D eigenvalue weighted by Gasteiger charge is 2.20. The number of hydrogen-bond acceptors (Lipinski definition) is 7. The predicted molar refractivity (Wildman–Crippen MR) is 200 cm³/mol. The third-order valence-electron chi connectivity index (χ3n) is 9.17. The van der Waals surface area contributed by atoms with Crippen molar-refractivity contribution in [2.45, 2.75) is 41.5 Å². The van der Waals surface area contributed by atoms with Crippen molar-refractivity contribution in [3.8, 4) is 79.3 Å². The highest BCUT2D eigenvalue weighted by atomic mass is 16.3. The molecule has 0 spiro atoms. The molecule has 0 atom stereocenters. The van der Waals surface area contributed by atoms with Crippen molar-refractivity contribution in [3.05, 3.63) is 137 Å². The Morgan fingerprint density at radius 2 is 0.720 bits per heavy atom. The van der Waals surface area contributed by atoms with Gasteiger partial charge < -0.3 is 10.2 Å². The molecular formula is C43H37N5O2. The predicted octanol–water partition coefficient (Wildman–Crippen LogP) is 9.93. The van der Waals surface area contributed by atoms with Gasteiger partial charge in [0.25, 0.3) is 0 Å². The number of aryl methyl sites for hydroxylation is 6. The first-order valence-electron chi connectivity index (χ1n) is 16.5. The summed E-state index contributed by atoms with van der Waals surface area (Å²) in [6, 6.07) is 29.2. The minimum absolute atomic E-state index is 0.00679. The zero-order valence-corrected chi connectivity index (χ0v) is 28.9. The van der Waals surface area contributed by atoms with Gasteiger partial charge in [-0.3, -0.25) is 9.97 Å². The summed E-state index contributed by atoms with van der Waals surface area (Å²) in [5.41, 5.74) is 14.4. The van der Waals surface area contributed by atoms with Gasteiger partial charge in [-0.05, 0) is 153 Å². The Labute approximate surface area is 292 Å². The maximum absolute atomic E-state index is 10.2. The van der Waals surface area contributed by atoms with E-state index < -0.39 is 0 Å². The molecule has 7 nitrogen and oxygen atoms in total. The van der Waals surface area contributed by atoms with E-state index >= 15 is 0 Å². The number of aromatic hydroxyl groups is 2. The van der Waals surface area contributed by atoms with E-state index in [2.05, 4.69) is 74.1 Å². The number of phenolic OH excluding ortho intramolecular Hbond substituents is 2. The van der Waals surface area contributed by atoms with E-state index in [1.807, 2.05) is 62.6 Å². The molecule has 246 valence electrons. The first kappa shape index (κ1) is 32.3. The van der Waals surface area contributed by atoms with Crippen LogP contribution in [0, 0.1) is 41.5 Å². The van der Waals surface area contributed by atoms with Crippen LogP contribution < -0.4 is 0 Å². The number of nitrogens with zero attached hydrogens (tertiary/aromatic N) is 5. The molecule has 0 aliphatic heterocycles. The second-order valence-electron chi connectivity index (χ2n) is 12.9. The zero-order valence-electron chi connectivity index (χ0n) is 28.9. The van der Waals surface area contributed by atoms with E-state index in [0.29, 0.717) is 17.5 Å². The summed E-state index contributed by atoms with van der Waals surface area (Å²) in [7, 11) is 0. The fraction of sp³-hybridized carbons (Fsp3) is 0.140. The Kier molecular flexibility index (Phi) is 8.42. The van der Waals surface area contributed by atoms with Crippen molar-refractivity contribution in [1.82, 2.24) is 24.9 Å². The van der Waals surface area contributed by atoms with Crippen molar-refractivity contribution in [2.24, 2.45) is 0 Å². The summed E-state index contributed by atoms with van der Waals surface area (Å²) >= 11 is 0. The van der Waals surface area contributed by atoms with E-state index in [0.717, 1.165) is 83.7 Å². The molecule has 3 heterocycles. The summed E-state index contributed by atoms with van der Waals surface area (Å²) in [5.74, 6) is 1.75. The van der Waals surface area contributed by atoms with Gasteiger partial charge >= 0.3 is 0 Å². The largest absolute Gasteiger partial charge is 0.508 e. The molecule has 0 fully saturated rings. The van der Waals surface area contributed by atoms with Crippen LogP contribution in [-0.4, -0.2) is 35.1 Å². The quantitative estimate of drug-likeness (QED) is 0.184. The lowest BCUT2D eigenvalue weighted by atomic mass is 9.94. The zero-order chi connectivity index (χ0) is 35.1. The Hall–Kier alpha value is -6.21. The Balaban J connectivity index is 1.42. The van der Waals surface area contributed by atoms with E-state index in [4.69, 9.17) is 15.0 Å². The first-order valence-corrected chi connectivity index (χ1v) is 16.5. The van der Waals surface area contributed by atoms with Crippen LogP contribution in [0.15, 0.2) is 103 Å². The van der Waals surface area contributed by atoms with Crippen molar-refractivity contribution >= 4 is 0 Å². The van der Waals surface area contributed by atoms with Gasteiger partial charge in [-0.1, -0.05) is 18.2 Å². The molecule has 3 aromatic heterocycles. The van der Waals surface area contributed by atoms with Gasteiger partial charge in [-0.25, -0.2) is 15.0 Å². The summed E-state index contributed by atoms with van der Waals surface area (Å²) in [6.07, 6.45) is 3.62. The topological polar surface area (TPSA) is 105 Å². The molecule has 0 aliphatic carbocycles. The van der Waals surface area contributed by atoms with E-state index in [9.17, 15) is 10.2 Å². The molecule has 0 amide bonds. The van der Waals surface area contributed by atoms with Crippen molar-refractivity contribution < 1.29 is 10.2 Å². The molecule has 0 radical (unpaired) electrons. The molecule has 7 rings (SSSR count). The average Bonchev–Trinajstić information content (AvgIpc) is 3.10. The SMILES string of the molecule is Cc1cc(-c2nc(-c3cc(C)c(-c4ccccn4)cc3C)nc(-c3cc(C)c(-c4ccccn4)cc3C)n2)c(C)cc1-c1cc(O)cc(O)c1. The molecular weight excluding hydrogens is 619 g/mol. The monoisotopic (exact) mass is 655 g/mol. The van der Waals surface area contributed by atoms with Gasteiger partial charge in [-0.15, -0.1) is 0 Å². The molecule has 0 bridgehead atoms. The Bertz CT molecular complexity index is 2270. The number of rotatable bonds is 6. The standard InChI is InChI=1S/C43H37N5O2/c1-24-18-36(27(4)15-33(24)30-21-31(49)23-32(50)22-30)41-46-42(37-19-25(2)34(16-28(37)5)39-11-7-9-13-44-39)48-43(47-41)38-20-26(3)35(17-29(38)6)40-12-8-10-14-45-40/h7-23,49-50H,1-6H3. The normalized spacial score (nSPS) is 11.2. The van der Waals surface area contributed by atoms with Gasteiger partial charge in [-0.2, -0.15) is 0 Å². The Morgan fingerprint density at radius 1 is 0.380 bits per heavy atom. The highest BCUT2D eigenvalue weighted by Crippen LogP contribution is 2.37.